The lowest BCUT2D eigenvalue weighted by molar-refractivity contribution is 0.0996. The number of hydrogen-bond donors (Lipinski definition) is 2. The van der Waals surface area contributed by atoms with Crippen molar-refractivity contribution in [2.45, 2.75) is 6.92 Å². The molecule has 0 saturated carbocycles. The summed E-state index contributed by atoms with van der Waals surface area (Å²) in [6.45, 7) is 1.92. The Bertz CT molecular complexity index is 1170. The molecule has 0 aliphatic rings. The Kier molecular flexibility index (Phi) is 3.92. The lowest BCUT2D eigenvalue weighted by Crippen LogP contribution is -2.17. The summed E-state index contributed by atoms with van der Waals surface area (Å²) in [6.07, 6.45) is 8.64. The van der Waals surface area contributed by atoms with Crippen molar-refractivity contribution in [3.63, 3.8) is 0 Å². The van der Waals surface area contributed by atoms with Crippen molar-refractivity contribution in [2.24, 2.45) is 5.73 Å². The maximum atomic E-state index is 12.8. The summed E-state index contributed by atoms with van der Waals surface area (Å²) in [6, 6.07) is 8.28. The van der Waals surface area contributed by atoms with Gasteiger partial charge in [-0.3, -0.25) is 9.59 Å². The standard InChI is InChI=1S/C19H16N6O2/c1-12-9-22-25(10-12)16-4-2-13(18(20)26)8-15(16)23-19(27)14-3-5-17-21-6-7-24(17)11-14/h2-11H,1H3,(H2,20,26)(H,23,27). The van der Waals surface area contributed by atoms with Crippen LogP contribution in [0.15, 0.2) is 61.3 Å². The number of fused-ring (bicyclic) bond motifs is 1. The number of aromatic nitrogens is 4. The van der Waals surface area contributed by atoms with E-state index in [9.17, 15) is 9.59 Å². The number of imidazole rings is 1. The van der Waals surface area contributed by atoms with Crippen molar-refractivity contribution in [1.82, 2.24) is 19.2 Å². The van der Waals surface area contributed by atoms with Gasteiger partial charge in [0, 0.05) is 30.4 Å². The van der Waals surface area contributed by atoms with Gasteiger partial charge in [0.25, 0.3) is 5.91 Å². The molecule has 0 fully saturated rings. The number of primary amides is 1. The molecule has 134 valence electrons. The molecule has 0 atom stereocenters. The van der Waals surface area contributed by atoms with Gasteiger partial charge in [-0.2, -0.15) is 5.10 Å². The summed E-state index contributed by atoms with van der Waals surface area (Å²) >= 11 is 0. The van der Waals surface area contributed by atoms with Gasteiger partial charge in [-0.25, -0.2) is 9.67 Å². The molecule has 3 aromatic heterocycles. The Hall–Kier alpha value is -3.94. The second-order valence-corrected chi connectivity index (χ2v) is 6.12. The SMILES string of the molecule is Cc1cnn(-c2ccc(C(N)=O)cc2NC(=O)c2ccc3nccn3c2)c1. The summed E-state index contributed by atoms with van der Waals surface area (Å²) in [7, 11) is 0. The molecule has 4 aromatic rings. The molecule has 0 spiro atoms. The van der Waals surface area contributed by atoms with E-state index in [1.165, 1.54) is 0 Å². The average molecular weight is 360 g/mol. The van der Waals surface area contributed by atoms with E-state index in [1.54, 1.807) is 64.2 Å². The highest BCUT2D eigenvalue weighted by Crippen LogP contribution is 2.23. The van der Waals surface area contributed by atoms with Gasteiger partial charge in [-0.15, -0.1) is 0 Å². The third kappa shape index (κ3) is 3.15. The Morgan fingerprint density at radius 2 is 1.93 bits per heavy atom. The van der Waals surface area contributed by atoms with E-state index in [1.807, 2.05) is 13.1 Å². The quantitative estimate of drug-likeness (QED) is 0.581. The largest absolute Gasteiger partial charge is 0.366 e. The number of nitrogens with two attached hydrogens (primary N) is 1. The molecule has 0 unspecified atom stereocenters. The number of amides is 2. The van der Waals surface area contributed by atoms with Crippen molar-refractivity contribution < 1.29 is 9.59 Å². The molecule has 8 heteroatoms. The first-order chi connectivity index (χ1) is 13.0. The maximum Gasteiger partial charge on any atom is 0.257 e. The lowest BCUT2D eigenvalue weighted by Gasteiger charge is -2.13. The predicted octanol–water partition coefficient (Wildman–Crippen LogP) is 2.18. The number of carbonyl (C=O) groups is 2. The van der Waals surface area contributed by atoms with E-state index in [4.69, 9.17) is 5.73 Å². The zero-order valence-corrected chi connectivity index (χ0v) is 14.5. The second-order valence-electron chi connectivity index (χ2n) is 6.12. The normalized spacial score (nSPS) is 10.9. The van der Waals surface area contributed by atoms with Crippen LogP contribution in [-0.4, -0.2) is 31.0 Å². The van der Waals surface area contributed by atoms with Gasteiger partial charge >= 0.3 is 0 Å². The summed E-state index contributed by atoms with van der Waals surface area (Å²) in [5, 5.41) is 7.12. The van der Waals surface area contributed by atoms with Crippen LogP contribution < -0.4 is 11.1 Å². The van der Waals surface area contributed by atoms with Crippen LogP contribution in [0.2, 0.25) is 0 Å². The minimum absolute atomic E-state index is 0.294. The first-order valence-electron chi connectivity index (χ1n) is 8.21. The smallest absolute Gasteiger partial charge is 0.257 e. The number of hydrogen-bond acceptors (Lipinski definition) is 4. The highest BCUT2D eigenvalue weighted by molar-refractivity contribution is 6.06. The molecule has 0 bridgehead atoms. The van der Waals surface area contributed by atoms with E-state index >= 15 is 0 Å². The number of nitrogens with one attached hydrogen (secondary N) is 1. The number of rotatable bonds is 4. The van der Waals surface area contributed by atoms with Crippen molar-refractivity contribution in [1.29, 1.82) is 0 Å². The number of anilines is 1. The van der Waals surface area contributed by atoms with Crippen LogP contribution in [0, 0.1) is 6.92 Å². The molecule has 0 radical (unpaired) electrons. The van der Waals surface area contributed by atoms with Crippen LogP contribution in [0.1, 0.15) is 26.3 Å². The molecule has 4 rings (SSSR count). The molecule has 3 heterocycles. The fourth-order valence-corrected chi connectivity index (χ4v) is 2.78. The molecule has 8 nitrogen and oxygen atoms in total. The van der Waals surface area contributed by atoms with Crippen molar-refractivity contribution in [3.8, 4) is 5.69 Å². The van der Waals surface area contributed by atoms with E-state index in [-0.39, 0.29) is 5.91 Å². The molecule has 3 N–H and O–H groups in total. The number of pyridine rings is 1. The third-order valence-corrected chi connectivity index (χ3v) is 4.14. The molecule has 27 heavy (non-hydrogen) atoms. The van der Waals surface area contributed by atoms with E-state index in [0.717, 1.165) is 11.2 Å². The molecule has 0 saturated heterocycles. The van der Waals surface area contributed by atoms with Crippen molar-refractivity contribution in [2.75, 3.05) is 5.32 Å². The lowest BCUT2D eigenvalue weighted by atomic mass is 10.1. The van der Waals surface area contributed by atoms with Crippen LogP contribution >= 0.6 is 0 Å². The zero-order chi connectivity index (χ0) is 19.0. The van der Waals surface area contributed by atoms with Gasteiger partial charge in [0.1, 0.15) is 5.65 Å². The topological polar surface area (TPSA) is 107 Å². The Labute approximate surface area is 154 Å². The minimum Gasteiger partial charge on any atom is -0.366 e. The van der Waals surface area contributed by atoms with Crippen LogP contribution in [0.25, 0.3) is 11.3 Å². The Morgan fingerprint density at radius 3 is 2.67 bits per heavy atom. The Balaban J connectivity index is 1.73. The van der Waals surface area contributed by atoms with Crippen LogP contribution in [0.4, 0.5) is 5.69 Å². The zero-order valence-electron chi connectivity index (χ0n) is 14.5. The highest BCUT2D eigenvalue weighted by Gasteiger charge is 2.14. The molecular weight excluding hydrogens is 344 g/mol. The number of carbonyl (C=O) groups excluding carboxylic acids is 2. The molecule has 2 amide bonds. The summed E-state index contributed by atoms with van der Waals surface area (Å²) in [4.78, 5) is 28.5. The molecule has 0 aliphatic heterocycles. The number of nitrogens with zero attached hydrogens (tertiary/aromatic N) is 4. The second kappa shape index (κ2) is 6.41. The van der Waals surface area contributed by atoms with E-state index in [2.05, 4.69) is 15.4 Å². The molecular formula is C19H16N6O2. The first-order valence-corrected chi connectivity index (χ1v) is 8.21. The first kappa shape index (κ1) is 16.5. The van der Waals surface area contributed by atoms with Crippen molar-refractivity contribution >= 4 is 23.1 Å². The average Bonchev–Trinajstić information content (AvgIpc) is 3.29. The fourth-order valence-electron chi connectivity index (χ4n) is 2.78. The molecule has 0 aliphatic carbocycles. The van der Waals surface area contributed by atoms with Crippen LogP contribution in [0.3, 0.4) is 0 Å². The van der Waals surface area contributed by atoms with Gasteiger partial charge < -0.3 is 15.5 Å². The van der Waals surface area contributed by atoms with Gasteiger partial charge in [0.05, 0.1) is 23.1 Å². The number of aryl methyl sites for hydroxylation is 1. The van der Waals surface area contributed by atoms with Crippen LogP contribution in [0.5, 0.6) is 0 Å². The van der Waals surface area contributed by atoms with Crippen molar-refractivity contribution in [3.05, 3.63) is 78.0 Å². The summed E-state index contributed by atoms with van der Waals surface area (Å²) < 4.78 is 3.39. The van der Waals surface area contributed by atoms with E-state index in [0.29, 0.717) is 22.5 Å². The Morgan fingerprint density at radius 1 is 1.11 bits per heavy atom. The monoisotopic (exact) mass is 360 g/mol. The van der Waals surface area contributed by atoms with Gasteiger partial charge in [0.2, 0.25) is 5.91 Å². The maximum absolute atomic E-state index is 12.8. The summed E-state index contributed by atoms with van der Waals surface area (Å²) in [5.41, 5.74) is 8.91. The number of benzene rings is 1. The minimum atomic E-state index is -0.575. The molecule has 1 aromatic carbocycles. The van der Waals surface area contributed by atoms with Gasteiger partial charge in [-0.05, 0) is 42.8 Å². The van der Waals surface area contributed by atoms with Gasteiger partial charge in [-0.1, -0.05) is 0 Å². The third-order valence-electron chi connectivity index (χ3n) is 4.14. The summed E-state index contributed by atoms with van der Waals surface area (Å²) in [5.74, 6) is -0.897. The van der Waals surface area contributed by atoms with Gasteiger partial charge in [0.15, 0.2) is 0 Å². The highest BCUT2D eigenvalue weighted by atomic mass is 16.2. The van der Waals surface area contributed by atoms with E-state index < -0.39 is 5.91 Å². The van der Waals surface area contributed by atoms with Crippen LogP contribution in [-0.2, 0) is 0 Å². The fraction of sp³-hybridized carbons (Fsp3) is 0.0526. The predicted molar refractivity (Wildman–Crippen MR) is 100.0 cm³/mol.